The second-order valence-corrected chi connectivity index (χ2v) is 5.60. The van der Waals surface area contributed by atoms with E-state index in [9.17, 15) is 14.7 Å². The molecule has 116 valence electrons. The molecule has 0 saturated carbocycles. The summed E-state index contributed by atoms with van der Waals surface area (Å²) in [5.74, 6) is -0.672. The van der Waals surface area contributed by atoms with E-state index in [0.717, 1.165) is 0 Å². The van der Waals surface area contributed by atoms with Crippen LogP contribution in [0.15, 0.2) is 51.7 Å². The first-order valence-electron chi connectivity index (χ1n) is 6.47. The number of phenolic OH excluding ortho intramolecular Hbond substituents is 1. The van der Waals surface area contributed by atoms with Crippen LogP contribution in [0.4, 0.5) is 5.69 Å². The maximum absolute atomic E-state index is 12.2. The van der Waals surface area contributed by atoms with Crippen LogP contribution in [0.25, 0.3) is 11.0 Å². The largest absolute Gasteiger partial charge is 0.508 e. The number of aromatic hydroxyl groups is 1. The summed E-state index contributed by atoms with van der Waals surface area (Å²) in [7, 11) is 0. The molecule has 7 heteroatoms. The first-order valence-corrected chi connectivity index (χ1v) is 7.23. The third kappa shape index (κ3) is 3.16. The van der Waals surface area contributed by atoms with Crippen molar-refractivity contribution in [1.82, 2.24) is 0 Å². The fraction of sp³-hybridized carbons (Fsp3) is 0. The van der Waals surface area contributed by atoms with E-state index in [1.54, 1.807) is 12.1 Å². The molecule has 0 spiro atoms. The molecular formula is C16H9Cl2NO4. The average molecular weight is 350 g/mol. The molecule has 0 atom stereocenters. The Balaban J connectivity index is 2.03. The van der Waals surface area contributed by atoms with Gasteiger partial charge in [-0.2, -0.15) is 0 Å². The first kappa shape index (κ1) is 15.4. The fourth-order valence-electron chi connectivity index (χ4n) is 2.10. The number of carbonyl (C=O) groups is 1. The van der Waals surface area contributed by atoms with Gasteiger partial charge in [-0.1, -0.05) is 29.3 Å². The van der Waals surface area contributed by atoms with E-state index >= 15 is 0 Å². The standard InChI is InChI=1S/C16H9Cl2NO4/c17-9-4-8-5-12(16(22)23-14(8)13(18)6-9)15(21)19-10-2-1-3-11(20)7-10/h1-7,20H,(H,19,21). The van der Waals surface area contributed by atoms with Crippen LogP contribution in [0.2, 0.25) is 10.0 Å². The zero-order valence-electron chi connectivity index (χ0n) is 11.5. The molecule has 0 unspecified atom stereocenters. The Kier molecular flexibility index (Phi) is 3.98. The highest BCUT2D eigenvalue weighted by atomic mass is 35.5. The molecule has 1 aromatic heterocycles. The van der Waals surface area contributed by atoms with Gasteiger partial charge in [0.2, 0.25) is 0 Å². The highest BCUT2D eigenvalue weighted by Gasteiger charge is 2.16. The smallest absolute Gasteiger partial charge is 0.349 e. The molecule has 2 aromatic carbocycles. The van der Waals surface area contributed by atoms with Gasteiger partial charge in [-0.3, -0.25) is 4.79 Å². The lowest BCUT2D eigenvalue weighted by molar-refractivity contribution is 0.102. The van der Waals surface area contributed by atoms with Crippen molar-refractivity contribution in [1.29, 1.82) is 0 Å². The summed E-state index contributed by atoms with van der Waals surface area (Å²) in [6, 6.07) is 10.3. The van der Waals surface area contributed by atoms with Crippen LogP contribution in [-0.2, 0) is 0 Å². The maximum Gasteiger partial charge on any atom is 0.349 e. The number of rotatable bonds is 2. The SMILES string of the molecule is O=C(Nc1cccc(O)c1)c1cc2cc(Cl)cc(Cl)c2oc1=O. The molecule has 5 nitrogen and oxygen atoms in total. The topological polar surface area (TPSA) is 79.5 Å². The van der Waals surface area contributed by atoms with E-state index < -0.39 is 11.5 Å². The minimum atomic E-state index is -0.820. The van der Waals surface area contributed by atoms with Crippen LogP contribution in [0, 0.1) is 0 Å². The zero-order valence-corrected chi connectivity index (χ0v) is 13.0. The molecule has 1 heterocycles. The zero-order chi connectivity index (χ0) is 16.6. The lowest BCUT2D eigenvalue weighted by Crippen LogP contribution is -2.20. The number of benzene rings is 2. The summed E-state index contributed by atoms with van der Waals surface area (Å²) < 4.78 is 5.10. The van der Waals surface area contributed by atoms with Crippen LogP contribution in [0.5, 0.6) is 5.75 Å². The van der Waals surface area contributed by atoms with Crippen LogP contribution < -0.4 is 10.9 Å². The Morgan fingerprint density at radius 2 is 1.91 bits per heavy atom. The molecular weight excluding hydrogens is 341 g/mol. The molecule has 3 aromatic rings. The number of carbonyl (C=O) groups excluding carboxylic acids is 1. The molecule has 0 aliphatic carbocycles. The van der Waals surface area contributed by atoms with Gasteiger partial charge in [0.15, 0.2) is 5.58 Å². The maximum atomic E-state index is 12.2. The van der Waals surface area contributed by atoms with Crippen LogP contribution in [0.3, 0.4) is 0 Å². The Labute approximate surface area is 140 Å². The van der Waals surface area contributed by atoms with Gasteiger partial charge in [0.1, 0.15) is 11.3 Å². The number of anilines is 1. The van der Waals surface area contributed by atoms with Crippen molar-refractivity contribution in [2.45, 2.75) is 0 Å². The number of nitrogens with one attached hydrogen (secondary N) is 1. The Hall–Kier alpha value is -2.50. The van der Waals surface area contributed by atoms with Gasteiger partial charge in [0.05, 0.1) is 5.02 Å². The average Bonchev–Trinajstić information content (AvgIpc) is 2.47. The highest BCUT2D eigenvalue weighted by molar-refractivity contribution is 6.38. The Morgan fingerprint density at radius 3 is 2.65 bits per heavy atom. The lowest BCUT2D eigenvalue weighted by atomic mass is 10.1. The molecule has 23 heavy (non-hydrogen) atoms. The van der Waals surface area contributed by atoms with Crippen molar-refractivity contribution in [3.63, 3.8) is 0 Å². The number of amides is 1. The number of phenols is 1. The van der Waals surface area contributed by atoms with E-state index in [2.05, 4.69) is 5.32 Å². The van der Waals surface area contributed by atoms with Crippen molar-refractivity contribution in [3.8, 4) is 5.75 Å². The van der Waals surface area contributed by atoms with Gasteiger partial charge >= 0.3 is 5.63 Å². The van der Waals surface area contributed by atoms with Crippen LogP contribution in [0.1, 0.15) is 10.4 Å². The number of halogens is 2. The second-order valence-electron chi connectivity index (χ2n) is 4.76. The van der Waals surface area contributed by atoms with Gasteiger partial charge < -0.3 is 14.8 Å². The minimum Gasteiger partial charge on any atom is -0.508 e. The van der Waals surface area contributed by atoms with Crippen LogP contribution in [-0.4, -0.2) is 11.0 Å². The summed E-state index contributed by atoms with van der Waals surface area (Å²) in [4.78, 5) is 24.2. The lowest BCUT2D eigenvalue weighted by Gasteiger charge is -2.06. The fourth-order valence-corrected chi connectivity index (χ4v) is 2.65. The summed E-state index contributed by atoms with van der Waals surface area (Å²) in [5, 5.41) is 12.9. The molecule has 0 fully saturated rings. The van der Waals surface area contributed by atoms with Gasteiger partial charge in [-0.05, 0) is 30.3 Å². The van der Waals surface area contributed by atoms with E-state index in [0.29, 0.717) is 16.1 Å². The van der Waals surface area contributed by atoms with Crippen molar-refractivity contribution in [2.75, 3.05) is 5.32 Å². The molecule has 2 N–H and O–H groups in total. The van der Waals surface area contributed by atoms with Gasteiger partial charge in [0, 0.05) is 22.2 Å². The number of hydrogen-bond donors (Lipinski definition) is 2. The van der Waals surface area contributed by atoms with Crippen molar-refractivity contribution in [3.05, 3.63) is 68.5 Å². The van der Waals surface area contributed by atoms with Crippen LogP contribution >= 0.6 is 23.2 Å². The third-order valence-corrected chi connectivity index (χ3v) is 3.60. The summed E-state index contributed by atoms with van der Waals surface area (Å²) >= 11 is 11.9. The number of fused-ring (bicyclic) bond motifs is 1. The van der Waals surface area contributed by atoms with Crippen molar-refractivity contribution in [2.24, 2.45) is 0 Å². The second kappa shape index (κ2) is 5.95. The summed E-state index contributed by atoms with van der Waals surface area (Å²) in [6.45, 7) is 0. The molecule has 0 aliphatic heterocycles. The van der Waals surface area contributed by atoms with Gasteiger partial charge in [-0.25, -0.2) is 4.79 Å². The molecule has 0 aliphatic rings. The molecule has 3 rings (SSSR count). The summed E-state index contributed by atoms with van der Waals surface area (Å²) in [6.07, 6.45) is 0. The Bertz CT molecular complexity index is 981. The monoisotopic (exact) mass is 349 g/mol. The number of hydrogen-bond acceptors (Lipinski definition) is 4. The first-order chi connectivity index (χ1) is 10.9. The Morgan fingerprint density at radius 1 is 1.13 bits per heavy atom. The van der Waals surface area contributed by atoms with Crippen molar-refractivity contribution >= 4 is 45.8 Å². The van der Waals surface area contributed by atoms with E-state index in [1.165, 1.54) is 30.3 Å². The predicted molar refractivity (Wildman–Crippen MR) is 88.6 cm³/mol. The van der Waals surface area contributed by atoms with Gasteiger partial charge in [0.25, 0.3) is 5.91 Å². The molecule has 0 saturated heterocycles. The minimum absolute atomic E-state index is 0.00749. The van der Waals surface area contributed by atoms with E-state index in [1.807, 2.05) is 0 Å². The van der Waals surface area contributed by atoms with E-state index in [4.69, 9.17) is 27.6 Å². The molecule has 1 amide bonds. The normalized spacial score (nSPS) is 10.7. The quantitative estimate of drug-likeness (QED) is 0.683. The van der Waals surface area contributed by atoms with E-state index in [-0.39, 0.29) is 21.9 Å². The summed E-state index contributed by atoms with van der Waals surface area (Å²) in [5.41, 5.74) is -0.507. The molecule has 0 radical (unpaired) electrons. The highest BCUT2D eigenvalue weighted by Crippen LogP contribution is 2.27. The van der Waals surface area contributed by atoms with Crippen molar-refractivity contribution < 1.29 is 14.3 Å². The molecule has 0 bridgehead atoms. The third-order valence-electron chi connectivity index (χ3n) is 3.10. The predicted octanol–water partition coefficient (Wildman–Crippen LogP) is 4.06. The van der Waals surface area contributed by atoms with Gasteiger partial charge in [-0.15, -0.1) is 0 Å².